The maximum absolute atomic E-state index is 17.7. The molecule has 0 aliphatic carbocycles. The zero-order valence-corrected chi connectivity index (χ0v) is 34.0. The van der Waals surface area contributed by atoms with Crippen LogP contribution in [0, 0.1) is 19.7 Å². The first kappa shape index (κ1) is 36.3. The molecule has 0 unspecified atom stereocenters. The third-order valence-corrected chi connectivity index (χ3v) is 12.2. The summed E-state index contributed by atoms with van der Waals surface area (Å²) in [7, 11) is 0. The van der Waals surface area contributed by atoms with Crippen molar-refractivity contribution in [1.82, 2.24) is 0 Å². The van der Waals surface area contributed by atoms with Crippen molar-refractivity contribution in [2.24, 2.45) is 0 Å². The van der Waals surface area contributed by atoms with Gasteiger partial charge < -0.3 is 9.80 Å². The average molecular weight is 785 g/mol. The summed E-state index contributed by atoms with van der Waals surface area (Å²) in [6, 6.07) is 73.7. The summed E-state index contributed by atoms with van der Waals surface area (Å²) in [5.41, 5.74) is 11.5. The van der Waals surface area contributed by atoms with E-state index in [2.05, 4.69) is 163 Å². The number of aryl methyl sites for hydroxylation is 2. The van der Waals surface area contributed by atoms with Crippen molar-refractivity contribution in [3.05, 3.63) is 229 Å². The normalized spacial score (nSPS) is 11.5. The Labute approximate surface area is 355 Å². The Morgan fingerprint density at radius 2 is 0.721 bits per heavy atom. The highest BCUT2D eigenvalue weighted by atomic mass is 19.1. The molecule has 0 N–H and O–H groups in total. The summed E-state index contributed by atoms with van der Waals surface area (Å²) in [5.74, 6) is -0.294. The van der Waals surface area contributed by atoms with E-state index in [-0.39, 0.29) is 5.82 Å². The Bertz CT molecular complexity index is 3330. The molecular weight excluding hydrogens is 744 g/mol. The van der Waals surface area contributed by atoms with Crippen molar-refractivity contribution >= 4 is 77.2 Å². The largest absolute Gasteiger partial charge is 0.310 e. The maximum atomic E-state index is 17.7. The van der Waals surface area contributed by atoms with Gasteiger partial charge in [-0.25, -0.2) is 4.39 Å². The third kappa shape index (κ3) is 6.00. The van der Waals surface area contributed by atoms with Gasteiger partial charge in [-0.1, -0.05) is 152 Å². The van der Waals surface area contributed by atoms with Crippen LogP contribution >= 0.6 is 0 Å². The van der Waals surface area contributed by atoms with Crippen LogP contribution in [0.2, 0.25) is 0 Å². The van der Waals surface area contributed by atoms with Crippen molar-refractivity contribution in [3.63, 3.8) is 0 Å². The molecule has 11 aromatic rings. The topological polar surface area (TPSA) is 6.48 Å². The second kappa shape index (κ2) is 14.8. The first-order valence-electron chi connectivity index (χ1n) is 20.9. The molecule has 61 heavy (non-hydrogen) atoms. The fraction of sp³-hybridized carbons (Fsp3) is 0.0345. The van der Waals surface area contributed by atoms with E-state index in [4.69, 9.17) is 0 Å². The highest BCUT2D eigenvalue weighted by Gasteiger charge is 2.28. The van der Waals surface area contributed by atoms with E-state index in [1.54, 1.807) is 6.07 Å². The van der Waals surface area contributed by atoms with Crippen molar-refractivity contribution in [3.8, 4) is 22.3 Å². The van der Waals surface area contributed by atoms with Crippen LogP contribution in [0.4, 0.5) is 38.5 Å². The Morgan fingerprint density at radius 3 is 1.20 bits per heavy atom. The number of halogens is 1. The van der Waals surface area contributed by atoms with Crippen LogP contribution in [0.15, 0.2) is 212 Å². The van der Waals surface area contributed by atoms with Crippen molar-refractivity contribution in [2.45, 2.75) is 13.8 Å². The molecule has 0 radical (unpaired) electrons. The summed E-state index contributed by atoms with van der Waals surface area (Å²) < 4.78 is 17.7. The average Bonchev–Trinajstić information content (AvgIpc) is 3.31. The molecule has 0 aliphatic rings. The lowest BCUT2D eigenvalue weighted by Gasteiger charge is -2.32. The lowest BCUT2D eigenvalue weighted by molar-refractivity contribution is 0.630. The number of anilines is 6. The van der Waals surface area contributed by atoms with E-state index in [0.717, 1.165) is 67.0 Å². The van der Waals surface area contributed by atoms with Crippen LogP contribution in [-0.2, 0) is 0 Å². The molecule has 0 saturated carbocycles. The number of rotatable bonds is 8. The molecule has 0 amide bonds. The minimum atomic E-state index is -0.294. The van der Waals surface area contributed by atoms with Crippen LogP contribution in [0.1, 0.15) is 11.1 Å². The Hall–Kier alpha value is -7.75. The van der Waals surface area contributed by atoms with Gasteiger partial charge in [-0.15, -0.1) is 0 Å². The van der Waals surface area contributed by atoms with Gasteiger partial charge >= 0.3 is 0 Å². The summed E-state index contributed by atoms with van der Waals surface area (Å²) in [4.78, 5) is 4.53. The van der Waals surface area contributed by atoms with Crippen LogP contribution in [0.25, 0.3) is 65.3 Å². The monoisotopic (exact) mass is 784 g/mol. The molecule has 0 bridgehead atoms. The number of para-hydroxylation sites is 3. The first-order chi connectivity index (χ1) is 30.0. The lowest BCUT2D eigenvalue weighted by Crippen LogP contribution is -2.14. The second-order valence-electron chi connectivity index (χ2n) is 15.9. The number of fused-ring (bicyclic) bond motifs is 3. The fourth-order valence-corrected chi connectivity index (χ4v) is 9.64. The number of hydrogen-bond acceptors (Lipinski definition) is 2. The van der Waals surface area contributed by atoms with Gasteiger partial charge in [0.15, 0.2) is 0 Å². The van der Waals surface area contributed by atoms with E-state index in [1.807, 2.05) is 66.7 Å². The van der Waals surface area contributed by atoms with Crippen LogP contribution < -0.4 is 9.80 Å². The van der Waals surface area contributed by atoms with Gasteiger partial charge in [-0.3, -0.25) is 0 Å². The molecule has 0 aliphatic heterocycles. The van der Waals surface area contributed by atoms with Gasteiger partial charge in [0.1, 0.15) is 5.82 Å². The van der Waals surface area contributed by atoms with Crippen LogP contribution in [-0.4, -0.2) is 0 Å². The smallest absolute Gasteiger partial charge is 0.148 e. The molecule has 0 fully saturated rings. The fourth-order valence-electron chi connectivity index (χ4n) is 9.64. The Morgan fingerprint density at radius 1 is 0.328 bits per heavy atom. The second-order valence-corrected chi connectivity index (χ2v) is 15.9. The standard InChI is InChI=1S/C58H41FN2/c1-38-34-52(60(43-24-12-5-13-25-43)44-26-14-6-15-27-44)48-32-33-49-53(35-39(2)55-47-31-19-18-30-46(47)54(38)56(48)57(49)55)61(45-28-16-7-17-29-45)58-50(41-22-10-4-11-23-41)36-42(37-51(58)59)40-20-8-3-9-21-40/h3-37H,1-2H3. The van der Waals surface area contributed by atoms with Crippen molar-refractivity contribution < 1.29 is 4.39 Å². The van der Waals surface area contributed by atoms with Gasteiger partial charge in [0, 0.05) is 44.2 Å². The predicted molar refractivity (Wildman–Crippen MR) is 257 cm³/mol. The molecule has 0 saturated heterocycles. The lowest BCUT2D eigenvalue weighted by atomic mass is 9.84. The van der Waals surface area contributed by atoms with E-state index >= 15 is 4.39 Å². The predicted octanol–water partition coefficient (Wildman–Crippen LogP) is 16.8. The molecule has 290 valence electrons. The number of hydrogen-bond donors (Lipinski definition) is 0. The molecule has 0 aromatic heterocycles. The maximum Gasteiger partial charge on any atom is 0.148 e. The Balaban J connectivity index is 1.27. The zero-order chi connectivity index (χ0) is 41.0. The van der Waals surface area contributed by atoms with Gasteiger partial charge in [0.05, 0.1) is 17.1 Å². The van der Waals surface area contributed by atoms with Gasteiger partial charge in [0.2, 0.25) is 0 Å². The molecule has 3 heteroatoms. The van der Waals surface area contributed by atoms with Crippen LogP contribution in [0.3, 0.4) is 0 Å². The number of nitrogens with zero attached hydrogens (tertiary/aromatic N) is 2. The highest BCUT2D eigenvalue weighted by molar-refractivity contribution is 6.38. The molecule has 11 rings (SSSR count). The zero-order valence-electron chi connectivity index (χ0n) is 34.0. The summed E-state index contributed by atoms with van der Waals surface area (Å²) >= 11 is 0. The van der Waals surface area contributed by atoms with E-state index in [1.165, 1.54) is 37.9 Å². The third-order valence-electron chi connectivity index (χ3n) is 12.2. The molecule has 0 atom stereocenters. The van der Waals surface area contributed by atoms with Crippen LogP contribution in [0.5, 0.6) is 0 Å². The summed E-state index contributed by atoms with van der Waals surface area (Å²) in [6.07, 6.45) is 0. The molecule has 0 spiro atoms. The molecular formula is C58H41FN2. The van der Waals surface area contributed by atoms with Crippen molar-refractivity contribution in [1.29, 1.82) is 0 Å². The summed E-state index contributed by atoms with van der Waals surface area (Å²) in [6.45, 7) is 4.46. The molecule has 11 aromatic carbocycles. The quantitative estimate of drug-likeness (QED) is 0.112. The molecule has 0 heterocycles. The van der Waals surface area contributed by atoms with E-state index in [9.17, 15) is 0 Å². The molecule has 2 nitrogen and oxygen atoms in total. The number of benzene rings is 11. The van der Waals surface area contributed by atoms with E-state index in [0.29, 0.717) is 5.69 Å². The minimum Gasteiger partial charge on any atom is -0.310 e. The van der Waals surface area contributed by atoms with Gasteiger partial charge in [-0.2, -0.15) is 0 Å². The summed E-state index contributed by atoms with van der Waals surface area (Å²) in [5, 5.41) is 9.49. The van der Waals surface area contributed by atoms with Gasteiger partial charge in [0.25, 0.3) is 0 Å². The van der Waals surface area contributed by atoms with Gasteiger partial charge in [-0.05, 0) is 124 Å². The highest BCUT2D eigenvalue weighted by Crippen LogP contribution is 2.53. The van der Waals surface area contributed by atoms with Crippen molar-refractivity contribution in [2.75, 3.05) is 9.80 Å². The Kier molecular flexibility index (Phi) is 8.82. The minimum absolute atomic E-state index is 0.294. The van der Waals surface area contributed by atoms with E-state index < -0.39 is 0 Å². The SMILES string of the molecule is Cc1cc(N(c2ccccc2)c2ccccc2)c2ccc3c(N(c4ccccc4)c4c(F)cc(-c5ccccc5)cc4-c4ccccc4)cc(C)c4c5ccccc5c1c2c34. The first-order valence-corrected chi connectivity index (χ1v) is 20.9.